The Kier molecular flexibility index (Phi) is 4.93. The number of sulfone groups is 1. The van der Waals surface area contributed by atoms with Crippen molar-refractivity contribution in [2.45, 2.75) is 62.1 Å². The third kappa shape index (κ3) is 3.78. The lowest BCUT2D eigenvalue weighted by Crippen LogP contribution is -2.45. The van der Waals surface area contributed by atoms with Gasteiger partial charge in [0.1, 0.15) is 5.60 Å². The molecule has 1 aliphatic carbocycles. The largest absolute Gasteiger partial charge is 0.444 e. The van der Waals surface area contributed by atoms with Gasteiger partial charge in [0.05, 0.1) is 16.7 Å². The van der Waals surface area contributed by atoms with Gasteiger partial charge in [-0.2, -0.15) is 0 Å². The first-order chi connectivity index (χ1) is 13.7. The van der Waals surface area contributed by atoms with Crippen molar-refractivity contribution in [3.05, 3.63) is 65.7 Å². The molecule has 5 nitrogen and oxygen atoms in total. The minimum absolute atomic E-state index is 0.00631. The lowest BCUT2D eigenvalue weighted by atomic mass is 9.91. The van der Waals surface area contributed by atoms with Crippen LogP contribution in [0.4, 0.5) is 4.79 Å². The van der Waals surface area contributed by atoms with E-state index in [2.05, 4.69) is 12.1 Å². The molecule has 29 heavy (non-hydrogen) atoms. The second-order valence-electron chi connectivity index (χ2n) is 8.86. The van der Waals surface area contributed by atoms with E-state index in [0.717, 1.165) is 12.0 Å². The highest BCUT2D eigenvalue weighted by Gasteiger charge is 2.52. The van der Waals surface area contributed by atoms with Gasteiger partial charge in [0.2, 0.25) is 0 Å². The van der Waals surface area contributed by atoms with Crippen LogP contribution in [0.3, 0.4) is 0 Å². The molecule has 6 heteroatoms. The van der Waals surface area contributed by atoms with Crippen LogP contribution in [0.2, 0.25) is 0 Å². The van der Waals surface area contributed by atoms with E-state index in [9.17, 15) is 13.2 Å². The lowest BCUT2D eigenvalue weighted by molar-refractivity contribution is 0.0120. The Balaban J connectivity index is 1.61. The number of carbonyl (C=O) groups excluding carboxylic acids is 1. The Morgan fingerprint density at radius 2 is 1.66 bits per heavy atom. The first kappa shape index (κ1) is 20.0. The lowest BCUT2D eigenvalue weighted by Gasteiger charge is -2.37. The minimum Gasteiger partial charge on any atom is -0.444 e. The fourth-order valence-corrected chi connectivity index (χ4v) is 6.00. The van der Waals surface area contributed by atoms with E-state index >= 15 is 0 Å². The maximum atomic E-state index is 13.0. The molecule has 2 aromatic rings. The maximum absolute atomic E-state index is 13.0. The third-order valence-corrected chi connectivity index (χ3v) is 7.54. The number of nitrogens with zero attached hydrogens (tertiary/aromatic N) is 1. The van der Waals surface area contributed by atoms with Gasteiger partial charge >= 0.3 is 6.09 Å². The molecule has 1 aliphatic heterocycles. The van der Waals surface area contributed by atoms with Crippen LogP contribution in [0, 0.1) is 0 Å². The Labute approximate surface area is 172 Å². The van der Waals surface area contributed by atoms with Gasteiger partial charge in [0.25, 0.3) is 0 Å². The second kappa shape index (κ2) is 7.17. The van der Waals surface area contributed by atoms with Crippen molar-refractivity contribution in [2.24, 2.45) is 0 Å². The molecule has 0 spiro atoms. The summed E-state index contributed by atoms with van der Waals surface area (Å²) in [4.78, 5) is 15.1. The first-order valence-corrected chi connectivity index (χ1v) is 11.7. The second-order valence-corrected chi connectivity index (χ2v) is 11.0. The van der Waals surface area contributed by atoms with Gasteiger partial charge in [-0.1, -0.05) is 42.5 Å². The van der Waals surface area contributed by atoms with Crippen LogP contribution in [-0.2, 0) is 14.6 Å². The summed E-state index contributed by atoms with van der Waals surface area (Å²) in [5.74, 6) is 0.154. The zero-order valence-corrected chi connectivity index (χ0v) is 17.9. The van der Waals surface area contributed by atoms with Crippen molar-refractivity contribution in [2.75, 3.05) is 5.75 Å². The summed E-state index contributed by atoms with van der Waals surface area (Å²) in [5.41, 5.74) is 1.80. The summed E-state index contributed by atoms with van der Waals surface area (Å²) >= 11 is 0. The van der Waals surface area contributed by atoms with Crippen LogP contribution in [0.5, 0.6) is 0 Å². The molecule has 154 valence electrons. The predicted molar refractivity (Wildman–Crippen MR) is 112 cm³/mol. The van der Waals surface area contributed by atoms with Gasteiger partial charge in [-0.25, -0.2) is 13.2 Å². The van der Waals surface area contributed by atoms with Crippen molar-refractivity contribution in [3.8, 4) is 0 Å². The molecule has 2 aliphatic rings. The van der Waals surface area contributed by atoms with Gasteiger partial charge in [0, 0.05) is 12.0 Å². The molecule has 0 saturated carbocycles. The van der Waals surface area contributed by atoms with Crippen LogP contribution in [0.25, 0.3) is 0 Å². The number of benzene rings is 2. The Hall–Kier alpha value is -2.34. The number of ether oxygens (including phenoxy) is 1. The average molecular weight is 414 g/mol. The molecule has 1 fully saturated rings. The van der Waals surface area contributed by atoms with Crippen LogP contribution >= 0.6 is 0 Å². The number of likely N-dealkylation sites (tertiary alicyclic amines) is 1. The maximum Gasteiger partial charge on any atom is 0.411 e. The van der Waals surface area contributed by atoms with E-state index in [4.69, 9.17) is 4.74 Å². The molecule has 1 heterocycles. The van der Waals surface area contributed by atoms with E-state index in [-0.39, 0.29) is 29.8 Å². The zero-order chi connectivity index (χ0) is 20.8. The summed E-state index contributed by atoms with van der Waals surface area (Å²) in [6.45, 7) is 5.55. The molecular formula is C23H27NO4S. The van der Waals surface area contributed by atoms with Crippen molar-refractivity contribution in [1.82, 2.24) is 4.90 Å². The highest BCUT2D eigenvalue weighted by Crippen LogP contribution is 2.55. The van der Waals surface area contributed by atoms with E-state index in [1.165, 1.54) is 5.56 Å². The Morgan fingerprint density at radius 1 is 1.03 bits per heavy atom. The first-order valence-electron chi connectivity index (χ1n) is 10.1. The SMILES string of the molecule is CC(C)(C)OC(=O)N1[C@@H]2C[C@@H](c3ccccc32)[C@H]1CCS(=O)(=O)c1ccccc1. The van der Waals surface area contributed by atoms with Gasteiger partial charge in [-0.15, -0.1) is 0 Å². The number of hydrogen-bond acceptors (Lipinski definition) is 4. The van der Waals surface area contributed by atoms with Crippen molar-refractivity contribution in [1.29, 1.82) is 0 Å². The molecular weight excluding hydrogens is 386 g/mol. The van der Waals surface area contributed by atoms with E-state index in [1.54, 1.807) is 35.2 Å². The molecule has 1 saturated heterocycles. The standard InChI is InChI=1S/C23H27NO4S/c1-23(2,3)28-22(25)24-20(13-14-29(26,27)16-9-5-4-6-10-16)19-15-21(24)18-12-8-7-11-17(18)19/h4-12,19-21H,13-15H2,1-3H3/t19-,20+,21+/m0/s1. The third-order valence-electron chi connectivity index (χ3n) is 5.78. The normalized spacial score (nSPS) is 23.1. The minimum atomic E-state index is -3.40. The molecule has 4 rings (SSSR count). The summed E-state index contributed by atoms with van der Waals surface area (Å²) < 4.78 is 31.3. The van der Waals surface area contributed by atoms with Crippen LogP contribution in [-0.4, -0.2) is 36.8 Å². The number of carbonyl (C=O) groups is 1. The monoisotopic (exact) mass is 413 g/mol. The number of amides is 1. The van der Waals surface area contributed by atoms with Gasteiger partial charge in [-0.05, 0) is 56.9 Å². The van der Waals surface area contributed by atoms with Gasteiger partial charge < -0.3 is 4.74 Å². The number of fused-ring (bicyclic) bond motifs is 5. The molecule has 2 bridgehead atoms. The topological polar surface area (TPSA) is 63.7 Å². The Morgan fingerprint density at radius 3 is 2.31 bits per heavy atom. The van der Waals surface area contributed by atoms with Crippen molar-refractivity contribution < 1.29 is 17.9 Å². The molecule has 0 N–H and O–H groups in total. The molecule has 3 atom stereocenters. The average Bonchev–Trinajstić information content (AvgIpc) is 3.23. The zero-order valence-electron chi connectivity index (χ0n) is 17.0. The number of rotatable bonds is 4. The molecule has 0 radical (unpaired) electrons. The summed E-state index contributed by atoms with van der Waals surface area (Å²) in [5, 5.41) is 0. The summed E-state index contributed by atoms with van der Waals surface area (Å²) in [6, 6.07) is 16.4. The molecule has 0 aromatic heterocycles. The number of hydrogen-bond donors (Lipinski definition) is 0. The van der Waals surface area contributed by atoms with E-state index in [1.807, 2.05) is 32.9 Å². The summed E-state index contributed by atoms with van der Waals surface area (Å²) in [7, 11) is -3.40. The fraction of sp³-hybridized carbons (Fsp3) is 0.435. The van der Waals surface area contributed by atoms with Crippen LogP contribution < -0.4 is 0 Å². The smallest absolute Gasteiger partial charge is 0.411 e. The molecule has 2 aromatic carbocycles. The van der Waals surface area contributed by atoms with Crippen LogP contribution in [0.1, 0.15) is 56.7 Å². The van der Waals surface area contributed by atoms with Crippen LogP contribution in [0.15, 0.2) is 59.5 Å². The Bertz CT molecular complexity index is 1010. The highest BCUT2D eigenvalue weighted by molar-refractivity contribution is 7.91. The quantitative estimate of drug-likeness (QED) is 0.729. The predicted octanol–water partition coefficient (Wildman–Crippen LogP) is 4.70. The van der Waals surface area contributed by atoms with Gasteiger partial charge in [-0.3, -0.25) is 4.90 Å². The van der Waals surface area contributed by atoms with Gasteiger partial charge in [0.15, 0.2) is 9.84 Å². The van der Waals surface area contributed by atoms with Crippen molar-refractivity contribution in [3.63, 3.8) is 0 Å². The molecule has 1 amide bonds. The summed E-state index contributed by atoms with van der Waals surface area (Å²) in [6.07, 6.45) is 0.863. The van der Waals surface area contributed by atoms with E-state index in [0.29, 0.717) is 11.3 Å². The fourth-order valence-electron chi connectivity index (χ4n) is 4.64. The van der Waals surface area contributed by atoms with Crippen molar-refractivity contribution >= 4 is 15.9 Å². The molecule has 0 unspecified atom stereocenters. The highest BCUT2D eigenvalue weighted by atomic mass is 32.2. The van der Waals surface area contributed by atoms with E-state index < -0.39 is 15.4 Å².